The lowest BCUT2D eigenvalue weighted by atomic mass is 10.1. The highest BCUT2D eigenvalue weighted by Crippen LogP contribution is 2.35. The Morgan fingerprint density at radius 2 is 1.68 bits per heavy atom. The van der Waals surface area contributed by atoms with Crippen LogP contribution in [0.2, 0.25) is 0 Å². The summed E-state index contributed by atoms with van der Waals surface area (Å²) in [7, 11) is -0.921. The molecular formula is C22H22F3N3O4S2. The van der Waals surface area contributed by atoms with E-state index in [4.69, 9.17) is 9.47 Å². The van der Waals surface area contributed by atoms with Crippen LogP contribution in [0.3, 0.4) is 0 Å². The van der Waals surface area contributed by atoms with E-state index in [0.717, 1.165) is 28.5 Å². The molecule has 4 rings (SSSR count). The molecule has 0 amide bonds. The number of thiazole rings is 1. The molecule has 1 fully saturated rings. The minimum Gasteiger partial charge on any atom is -0.493 e. The first-order chi connectivity index (χ1) is 16.1. The lowest BCUT2D eigenvalue weighted by molar-refractivity contribution is -0.137. The number of benzene rings is 2. The van der Waals surface area contributed by atoms with E-state index in [1.54, 1.807) is 20.3 Å². The second-order valence-corrected chi connectivity index (χ2v) is 10.3. The molecule has 0 aliphatic carbocycles. The number of rotatable bonds is 6. The molecule has 182 valence electrons. The van der Waals surface area contributed by atoms with Gasteiger partial charge >= 0.3 is 6.18 Å². The highest BCUT2D eigenvalue weighted by Gasteiger charge is 2.34. The van der Waals surface area contributed by atoms with Crippen LogP contribution in [0.25, 0.3) is 11.3 Å². The largest absolute Gasteiger partial charge is 0.493 e. The van der Waals surface area contributed by atoms with Crippen LogP contribution in [0.15, 0.2) is 52.7 Å². The third kappa shape index (κ3) is 4.84. The second kappa shape index (κ2) is 9.43. The summed E-state index contributed by atoms with van der Waals surface area (Å²) in [6.07, 6.45) is -4.61. The van der Waals surface area contributed by atoms with Crippen molar-refractivity contribution >= 4 is 26.5 Å². The predicted molar refractivity (Wildman–Crippen MR) is 123 cm³/mol. The Balaban J connectivity index is 1.46. The summed E-state index contributed by atoms with van der Waals surface area (Å²) < 4.78 is 76.7. The SMILES string of the molecule is COc1ccc(-c2csc(N3CCN(S(=O)(=O)c4cccc(C(F)(F)F)c4)CC3)n2)cc1OC. The molecular weight excluding hydrogens is 491 g/mol. The molecule has 7 nitrogen and oxygen atoms in total. The maximum Gasteiger partial charge on any atom is 0.416 e. The predicted octanol–water partition coefficient (Wildman–Crippen LogP) is 4.36. The van der Waals surface area contributed by atoms with Crippen molar-refractivity contribution in [2.45, 2.75) is 11.1 Å². The monoisotopic (exact) mass is 513 g/mol. The third-order valence-corrected chi connectivity index (χ3v) is 8.28. The average Bonchev–Trinajstić information content (AvgIpc) is 3.33. The third-order valence-electron chi connectivity index (χ3n) is 5.48. The molecule has 1 aliphatic heterocycles. The zero-order valence-corrected chi connectivity index (χ0v) is 20.0. The maximum atomic E-state index is 13.0. The van der Waals surface area contributed by atoms with Crippen LogP contribution in [-0.4, -0.2) is 58.1 Å². The minimum atomic E-state index is -4.61. The Morgan fingerprint density at radius 3 is 2.32 bits per heavy atom. The van der Waals surface area contributed by atoms with Gasteiger partial charge in [0.1, 0.15) is 0 Å². The first kappa shape index (κ1) is 24.3. The van der Waals surface area contributed by atoms with Gasteiger partial charge in [-0.1, -0.05) is 6.07 Å². The molecule has 0 spiro atoms. The zero-order chi connectivity index (χ0) is 24.5. The fraction of sp³-hybridized carbons (Fsp3) is 0.318. The van der Waals surface area contributed by atoms with Crippen molar-refractivity contribution in [3.05, 3.63) is 53.4 Å². The molecule has 0 radical (unpaired) electrons. The van der Waals surface area contributed by atoms with Gasteiger partial charge in [-0.05, 0) is 36.4 Å². The summed E-state index contributed by atoms with van der Waals surface area (Å²) in [5.41, 5.74) is 0.614. The van der Waals surface area contributed by atoms with Gasteiger partial charge in [0.2, 0.25) is 10.0 Å². The van der Waals surface area contributed by atoms with E-state index >= 15 is 0 Å². The molecule has 1 aromatic heterocycles. The van der Waals surface area contributed by atoms with Crippen molar-refractivity contribution in [1.29, 1.82) is 0 Å². The summed E-state index contributed by atoms with van der Waals surface area (Å²) in [5.74, 6) is 1.20. The first-order valence-electron chi connectivity index (χ1n) is 10.2. The lowest BCUT2D eigenvalue weighted by Crippen LogP contribution is -2.48. The standard InChI is InChI=1S/C22H22F3N3O4S2/c1-31-19-7-6-15(12-20(19)32-2)18-14-33-21(26-18)27-8-10-28(11-9-27)34(29,30)17-5-3-4-16(13-17)22(23,24)25/h3-7,12-14H,8-11H2,1-2H3. The number of methoxy groups -OCH3 is 2. The van der Waals surface area contributed by atoms with Crippen LogP contribution < -0.4 is 14.4 Å². The smallest absolute Gasteiger partial charge is 0.416 e. The Morgan fingerprint density at radius 1 is 0.971 bits per heavy atom. The Kier molecular flexibility index (Phi) is 6.74. The number of halogens is 3. The fourth-order valence-corrected chi connectivity index (χ4v) is 6.00. The summed E-state index contributed by atoms with van der Waals surface area (Å²) >= 11 is 1.43. The Hall–Kier alpha value is -2.83. The number of ether oxygens (including phenoxy) is 2. The molecule has 34 heavy (non-hydrogen) atoms. The number of nitrogens with zero attached hydrogens (tertiary/aromatic N) is 3. The molecule has 0 unspecified atom stereocenters. The maximum absolute atomic E-state index is 13.0. The van der Waals surface area contributed by atoms with E-state index in [0.29, 0.717) is 30.7 Å². The fourth-order valence-electron chi connectivity index (χ4n) is 3.64. The van der Waals surface area contributed by atoms with Crippen LogP contribution in [0.5, 0.6) is 11.5 Å². The van der Waals surface area contributed by atoms with Crippen molar-refractivity contribution in [2.75, 3.05) is 45.3 Å². The highest BCUT2D eigenvalue weighted by molar-refractivity contribution is 7.89. The van der Waals surface area contributed by atoms with Crippen LogP contribution in [0.4, 0.5) is 18.3 Å². The summed E-state index contributed by atoms with van der Waals surface area (Å²) in [4.78, 5) is 6.28. The Labute approximate surface area is 199 Å². The van der Waals surface area contributed by atoms with Gasteiger partial charge in [0, 0.05) is 37.1 Å². The van der Waals surface area contributed by atoms with E-state index in [-0.39, 0.29) is 18.0 Å². The number of anilines is 1. The highest BCUT2D eigenvalue weighted by atomic mass is 32.2. The average molecular weight is 514 g/mol. The van der Waals surface area contributed by atoms with E-state index < -0.39 is 21.8 Å². The number of hydrogen-bond acceptors (Lipinski definition) is 7. The second-order valence-electron chi connectivity index (χ2n) is 7.50. The van der Waals surface area contributed by atoms with E-state index in [1.807, 2.05) is 22.4 Å². The van der Waals surface area contributed by atoms with Gasteiger partial charge in [-0.25, -0.2) is 13.4 Å². The molecule has 0 saturated carbocycles. The van der Waals surface area contributed by atoms with Crippen molar-refractivity contribution in [3.8, 4) is 22.8 Å². The lowest BCUT2D eigenvalue weighted by Gasteiger charge is -2.33. The number of aromatic nitrogens is 1. The van der Waals surface area contributed by atoms with Gasteiger partial charge in [0.15, 0.2) is 16.6 Å². The quantitative estimate of drug-likeness (QED) is 0.488. The number of hydrogen-bond donors (Lipinski definition) is 0. The van der Waals surface area contributed by atoms with Gasteiger partial charge in [0.25, 0.3) is 0 Å². The topological polar surface area (TPSA) is 72.0 Å². The van der Waals surface area contributed by atoms with Crippen molar-refractivity contribution < 1.29 is 31.1 Å². The van der Waals surface area contributed by atoms with Crippen LogP contribution in [0, 0.1) is 0 Å². The molecule has 0 atom stereocenters. The summed E-state index contributed by atoms with van der Waals surface area (Å²) in [6.45, 7) is 1.03. The summed E-state index contributed by atoms with van der Waals surface area (Å²) in [6, 6.07) is 9.33. The van der Waals surface area contributed by atoms with Crippen LogP contribution in [-0.2, 0) is 16.2 Å². The molecule has 3 aromatic rings. The van der Waals surface area contributed by atoms with Gasteiger partial charge in [-0.2, -0.15) is 17.5 Å². The van der Waals surface area contributed by atoms with E-state index in [1.165, 1.54) is 21.7 Å². The van der Waals surface area contributed by atoms with Gasteiger partial charge in [-0.15, -0.1) is 11.3 Å². The normalized spacial score (nSPS) is 15.4. The van der Waals surface area contributed by atoms with Crippen molar-refractivity contribution in [1.82, 2.24) is 9.29 Å². The van der Waals surface area contributed by atoms with E-state index in [9.17, 15) is 21.6 Å². The minimum absolute atomic E-state index is 0.143. The zero-order valence-electron chi connectivity index (χ0n) is 18.4. The number of alkyl halides is 3. The molecule has 0 bridgehead atoms. The van der Waals surface area contributed by atoms with Gasteiger partial charge in [-0.3, -0.25) is 0 Å². The molecule has 0 N–H and O–H groups in total. The molecule has 2 aromatic carbocycles. The van der Waals surface area contributed by atoms with Crippen LogP contribution >= 0.6 is 11.3 Å². The molecule has 1 aliphatic rings. The first-order valence-corrected chi connectivity index (χ1v) is 12.6. The van der Waals surface area contributed by atoms with Crippen LogP contribution in [0.1, 0.15) is 5.56 Å². The summed E-state index contributed by atoms with van der Waals surface area (Å²) in [5, 5.41) is 2.64. The molecule has 1 saturated heterocycles. The number of sulfonamides is 1. The molecule has 2 heterocycles. The molecule has 12 heteroatoms. The van der Waals surface area contributed by atoms with Crippen molar-refractivity contribution in [3.63, 3.8) is 0 Å². The number of piperazine rings is 1. The van der Waals surface area contributed by atoms with E-state index in [2.05, 4.69) is 4.98 Å². The van der Waals surface area contributed by atoms with Gasteiger partial charge in [0.05, 0.1) is 30.4 Å². The van der Waals surface area contributed by atoms with Crippen molar-refractivity contribution in [2.24, 2.45) is 0 Å². The Bertz CT molecular complexity index is 1270. The van der Waals surface area contributed by atoms with Gasteiger partial charge < -0.3 is 14.4 Å².